The van der Waals surface area contributed by atoms with E-state index in [0.29, 0.717) is 13.0 Å². The number of nitrogens with zero attached hydrogens (tertiary/aromatic N) is 2. The Morgan fingerprint density at radius 3 is 2.26 bits per heavy atom. The minimum atomic E-state index is -0.894. The number of likely N-dealkylation sites (N-methyl/N-ethyl adjacent to an activating group) is 2. The van der Waals surface area contributed by atoms with Gasteiger partial charge in [-0.25, -0.2) is 0 Å². The number of rotatable bonds is 10. The van der Waals surface area contributed by atoms with Crippen LogP contribution in [0, 0.1) is 5.41 Å². The Bertz CT molecular complexity index is 1040. The number of carbonyl (C=O) groups excluding carboxylic acids is 2. The minimum absolute atomic E-state index is 0.00872. The molecule has 1 heterocycles. The van der Waals surface area contributed by atoms with Crippen LogP contribution >= 0.6 is 0 Å². The second-order valence-electron chi connectivity index (χ2n) is 10.7. The first-order chi connectivity index (χ1) is 15.7. The van der Waals surface area contributed by atoms with Gasteiger partial charge in [-0.3, -0.25) is 14.4 Å². The number of aliphatic carboxylic acids is 1. The number of hydrogen-bond donors (Lipinski definition) is 3. The lowest BCUT2D eigenvalue weighted by atomic mass is 9.76. The molecule has 0 bridgehead atoms. The molecule has 2 rings (SSSR count). The molecule has 2 amide bonds. The summed E-state index contributed by atoms with van der Waals surface area (Å²) in [5.74, 6) is -1.38. The second-order valence-corrected chi connectivity index (χ2v) is 10.7. The first-order valence-electron chi connectivity index (χ1n) is 11.7. The summed E-state index contributed by atoms with van der Waals surface area (Å²) in [5, 5.41) is 16.1. The number of nitrogens with one attached hydrogen (secondary N) is 2. The number of para-hydroxylation sites is 1. The highest BCUT2D eigenvalue weighted by molar-refractivity contribution is 5.92. The van der Waals surface area contributed by atoms with E-state index in [1.807, 2.05) is 53.8 Å². The number of carboxylic acid groups (broad SMARTS) is 1. The number of hydrogen-bond acceptors (Lipinski definition) is 4. The number of carbonyl (C=O) groups is 3. The van der Waals surface area contributed by atoms with E-state index in [-0.39, 0.29) is 18.2 Å². The van der Waals surface area contributed by atoms with Crippen molar-refractivity contribution in [2.45, 2.75) is 65.0 Å². The van der Waals surface area contributed by atoms with E-state index in [0.717, 1.165) is 16.5 Å². The van der Waals surface area contributed by atoms with Crippen molar-refractivity contribution in [1.82, 2.24) is 20.1 Å². The van der Waals surface area contributed by atoms with E-state index >= 15 is 0 Å². The summed E-state index contributed by atoms with van der Waals surface area (Å²) in [6.07, 6.45) is 2.41. The summed E-state index contributed by atoms with van der Waals surface area (Å²) in [5.41, 5.74) is 1.03. The first-order valence-corrected chi connectivity index (χ1v) is 11.7. The Balaban J connectivity index is 2.30. The van der Waals surface area contributed by atoms with Crippen LogP contribution in [0.1, 0.15) is 53.0 Å². The van der Waals surface area contributed by atoms with Gasteiger partial charge in [-0.15, -0.1) is 0 Å². The van der Waals surface area contributed by atoms with Crippen LogP contribution in [-0.2, 0) is 26.8 Å². The molecule has 0 aliphatic rings. The molecule has 188 valence electrons. The maximum Gasteiger partial charge on any atom is 0.303 e. The van der Waals surface area contributed by atoms with E-state index in [2.05, 4.69) is 33.5 Å². The molecule has 3 N–H and O–H groups in total. The van der Waals surface area contributed by atoms with Gasteiger partial charge in [-0.1, -0.05) is 52.8 Å². The molecule has 2 atom stereocenters. The molecule has 1 aromatic heterocycles. The lowest BCUT2D eigenvalue weighted by Crippen LogP contribution is -2.60. The standard InChI is InChI=1S/C26H40N4O4/c1-25(2,3)22(24(34)29(7)15-11-14-20(31)32)28-23(33)21(27-6)26(4,5)18-16-30(8)19-13-10-9-12-17(18)19/h9-10,12-13,16,21-22,27H,11,14-15H2,1-8H3,(H,28,33)(H,31,32)/t21-,22-/m1/s1. The van der Waals surface area contributed by atoms with Crippen molar-refractivity contribution in [1.29, 1.82) is 0 Å². The molecular weight excluding hydrogens is 432 g/mol. The van der Waals surface area contributed by atoms with Crippen molar-refractivity contribution in [2.75, 3.05) is 20.6 Å². The zero-order chi connectivity index (χ0) is 25.8. The molecule has 0 fully saturated rings. The van der Waals surface area contributed by atoms with Crippen molar-refractivity contribution in [3.8, 4) is 0 Å². The zero-order valence-electron chi connectivity index (χ0n) is 21.7. The average Bonchev–Trinajstić information content (AvgIpc) is 3.08. The highest BCUT2D eigenvalue weighted by Crippen LogP contribution is 2.34. The van der Waals surface area contributed by atoms with Gasteiger partial charge in [0.05, 0.1) is 6.04 Å². The molecule has 2 aromatic rings. The van der Waals surface area contributed by atoms with Crippen molar-refractivity contribution in [3.05, 3.63) is 36.0 Å². The van der Waals surface area contributed by atoms with Gasteiger partial charge in [0.25, 0.3) is 0 Å². The lowest BCUT2D eigenvalue weighted by molar-refractivity contribution is -0.140. The SMILES string of the molecule is CN[C@H](C(=O)N[C@H](C(=O)N(C)CCCC(=O)O)C(C)(C)C)C(C)(C)c1cn(C)c2ccccc12. The van der Waals surface area contributed by atoms with E-state index in [4.69, 9.17) is 5.11 Å². The maximum absolute atomic E-state index is 13.6. The van der Waals surface area contributed by atoms with E-state index in [1.165, 1.54) is 4.90 Å². The monoisotopic (exact) mass is 472 g/mol. The highest BCUT2D eigenvalue weighted by atomic mass is 16.4. The van der Waals surface area contributed by atoms with Crippen LogP contribution in [0.3, 0.4) is 0 Å². The van der Waals surface area contributed by atoms with E-state index < -0.39 is 28.9 Å². The molecule has 1 aromatic carbocycles. The summed E-state index contributed by atoms with van der Waals surface area (Å²) >= 11 is 0. The molecule has 0 radical (unpaired) electrons. The van der Waals surface area contributed by atoms with Gasteiger partial charge in [0, 0.05) is 49.6 Å². The van der Waals surface area contributed by atoms with Crippen LogP contribution in [0.15, 0.2) is 30.5 Å². The molecule has 0 saturated carbocycles. The lowest BCUT2D eigenvalue weighted by Gasteiger charge is -2.38. The summed E-state index contributed by atoms with van der Waals surface area (Å²) in [7, 11) is 5.39. The topological polar surface area (TPSA) is 104 Å². The number of aromatic nitrogens is 1. The number of fused-ring (bicyclic) bond motifs is 1. The Morgan fingerprint density at radius 1 is 1.09 bits per heavy atom. The molecule has 0 unspecified atom stereocenters. The van der Waals surface area contributed by atoms with Crippen molar-refractivity contribution in [3.63, 3.8) is 0 Å². The summed E-state index contributed by atoms with van der Waals surface area (Å²) in [4.78, 5) is 39.2. The van der Waals surface area contributed by atoms with Gasteiger partial charge < -0.3 is 25.2 Å². The normalized spacial score (nSPS) is 14.0. The van der Waals surface area contributed by atoms with Gasteiger partial charge in [0.2, 0.25) is 11.8 Å². The Hall–Kier alpha value is -2.87. The van der Waals surface area contributed by atoms with Crippen molar-refractivity contribution >= 4 is 28.7 Å². The summed E-state index contributed by atoms with van der Waals surface area (Å²) in [6.45, 7) is 10.1. The zero-order valence-corrected chi connectivity index (χ0v) is 21.7. The Labute approximate surface area is 202 Å². The minimum Gasteiger partial charge on any atom is -0.481 e. The molecule has 0 saturated heterocycles. The van der Waals surface area contributed by atoms with Crippen LogP contribution in [0.25, 0.3) is 10.9 Å². The van der Waals surface area contributed by atoms with Crippen LogP contribution in [0.2, 0.25) is 0 Å². The number of aryl methyl sites for hydroxylation is 1. The summed E-state index contributed by atoms with van der Waals surface area (Å²) in [6, 6.07) is 6.75. The van der Waals surface area contributed by atoms with Gasteiger partial charge in [-0.05, 0) is 30.5 Å². The molecule has 34 heavy (non-hydrogen) atoms. The third-order valence-electron chi connectivity index (χ3n) is 6.52. The maximum atomic E-state index is 13.6. The Kier molecular flexibility index (Phi) is 8.53. The van der Waals surface area contributed by atoms with Crippen LogP contribution in [0.4, 0.5) is 0 Å². The van der Waals surface area contributed by atoms with E-state index in [1.54, 1.807) is 14.1 Å². The number of benzene rings is 1. The first kappa shape index (κ1) is 27.4. The third kappa shape index (κ3) is 5.97. The molecule has 0 spiro atoms. The predicted octanol–water partition coefficient (Wildman–Crippen LogP) is 2.90. The Morgan fingerprint density at radius 2 is 1.71 bits per heavy atom. The smallest absolute Gasteiger partial charge is 0.303 e. The van der Waals surface area contributed by atoms with Crippen LogP contribution in [0.5, 0.6) is 0 Å². The molecule has 8 heteroatoms. The largest absolute Gasteiger partial charge is 0.481 e. The van der Waals surface area contributed by atoms with Gasteiger partial charge in [-0.2, -0.15) is 0 Å². The van der Waals surface area contributed by atoms with Gasteiger partial charge in [0.1, 0.15) is 6.04 Å². The summed E-state index contributed by atoms with van der Waals surface area (Å²) < 4.78 is 2.06. The molecule has 0 aliphatic heterocycles. The fourth-order valence-corrected chi connectivity index (χ4v) is 4.50. The van der Waals surface area contributed by atoms with Crippen molar-refractivity contribution < 1.29 is 19.5 Å². The van der Waals surface area contributed by atoms with Crippen molar-refractivity contribution in [2.24, 2.45) is 12.5 Å². The average molecular weight is 473 g/mol. The predicted molar refractivity (Wildman–Crippen MR) is 135 cm³/mol. The van der Waals surface area contributed by atoms with E-state index in [9.17, 15) is 14.4 Å². The second kappa shape index (κ2) is 10.6. The third-order valence-corrected chi connectivity index (χ3v) is 6.52. The molecule has 8 nitrogen and oxygen atoms in total. The number of carboxylic acids is 1. The van der Waals surface area contributed by atoms with Gasteiger partial charge in [0.15, 0.2) is 0 Å². The van der Waals surface area contributed by atoms with Gasteiger partial charge >= 0.3 is 5.97 Å². The molecule has 0 aliphatic carbocycles. The molecular formula is C26H40N4O4. The van der Waals surface area contributed by atoms with Crippen LogP contribution in [-0.4, -0.2) is 65.1 Å². The highest BCUT2D eigenvalue weighted by Gasteiger charge is 2.41. The fraction of sp³-hybridized carbons (Fsp3) is 0.577. The fourth-order valence-electron chi connectivity index (χ4n) is 4.50. The van der Waals surface area contributed by atoms with Crippen LogP contribution < -0.4 is 10.6 Å². The quantitative estimate of drug-likeness (QED) is 0.493. The number of amides is 2.